The van der Waals surface area contributed by atoms with Gasteiger partial charge in [0.15, 0.2) is 11.6 Å². The van der Waals surface area contributed by atoms with Crippen LogP contribution in [0.4, 0.5) is 4.39 Å². The van der Waals surface area contributed by atoms with Crippen LogP contribution in [0.2, 0.25) is 0 Å². The van der Waals surface area contributed by atoms with E-state index in [0.29, 0.717) is 18.4 Å². The van der Waals surface area contributed by atoms with Crippen LogP contribution in [0.5, 0.6) is 5.75 Å². The third-order valence-corrected chi connectivity index (χ3v) is 2.95. The first-order chi connectivity index (χ1) is 7.86. The van der Waals surface area contributed by atoms with Crippen LogP contribution >= 0.6 is 0 Å². The topological polar surface area (TPSA) is 21.3 Å². The number of benzene rings is 1. The summed E-state index contributed by atoms with van der Waals surface area (Å²) in [5.74, 6) is 0.0865. The molecule has 1 atom stereocenters. The number of rotatable bonds is 5. The monoisotopic (exact) mass is 223 g/mol. The smallest absolute Gasteiger partial charge is 0.165 e. The predicted molar refractivity (Wildman–Crippen MR) is 62.2 cm³/mol. The maximum Gasteiger partial charge on any atom is 0.165 e. The van der Waals surface area contributed by atoms with E-state index in [1.807, 2.05) is 0 Å². The largest absolute Gasteiger partial charge is 0.491 e. The molecule has 1 aromatic rings. The van der Waals surface area contributed by atoms with E-state index in [4.69, 9.17) is 4.74 Å². The Kier molecular flexibility index (Phi) is 4.17. The first kappa shape index (κ1) is 11.4. The number of para-hydroxylation sites is 1. The van der Waals surface area contributed by atoms with Gasteiger partial charge in [0.05, 0.1) is 6.61 Å². The lowest BCUT2D eigenvalue weighted by Gasteiger charge is -2.10. The Bertz CT molecular complexity index is 323. The van der Waals surface area contributed by atoms with Gasteiger partial charge in [-0.3, -0.25) is 0 Å². The average Bonchev–Trinajstić information content (AvgIpc) is 2.79. The molecule has 0 aromatic heterocycles. The fourth-order valence-corrected chi connectivity index (χ4v) is 2.08. The van der Waals surface area contributed by atoms with Crippen molar-refractivity contribution in [3.8, 4) is 5.75 Å². The molecule has 0 spiro atoms. The van der Waals surface area contributed by atoms with E-state index in [2.05, 4.69) is 5.32 Å². The SMILES string of the molecule is Fc1ccccc1OCCCC1CCCN1. The number of halogens is 1. The molecule has 1 aliphatic heterocycles. The van der Waals surface area contributed by atoms with Gasteiger partial charge < -0.3 is 10.1 Å². The van der Waals surface area contributed by atoms with Gasteiger partial charge in [-0.2, -0.15) is 0 Å². The Morgan fingerprint density at radius 1 is 1.38 bits per heavy atom. The van der Waals surface area contributed by atoms with Gasteiger partial charge in [-0.05, 0) is 44.4 Å². The van der Waals surface area contributed by atoms with E-state index >= 15 is 0 Å². The fourth-order valence-electron chi connectivity index (χ4n) is 2.08. The molecule has 2 nitrogen and oxygen atoms in total. The maximum atomic E-state index is 13.2. The van der Waals surface area contributed by atoms with Gasteiger partial charge in [-0.25, -0.2) is 4.39 Å². The van der Waals surface area contributed by atoms with Crippen molar-refractivity contribution in [2.75, 3.05) is 13.2 Å². The van der Waals surface area contributed by atoms with E-state index in [9.17, 15) is 4.39 Å². The first-order valence-corrected chi connectivity index (χ1v) is 5.97. The van der Waals surface area contributed by atoms with Gasteiger partial charge in [0.2, 0.25) is 0 Å². The number of nitrogens with one attached hydrogen (secondary N) is 1. The van der Waals surface area contributed by atoms with Crippen LogP contribution in [0.3, 0.4) is 0 Å². The summed E-state index contributed by atoms with van der Waals surface area (Å²) in [5.41, 5.74) is 0. The molecule has 88 valence electrons. The minimum atomic E-state index is -0.276. The lowest BCUT2D eigenvalue weighted by Crippen LogP contribution is -2.21. The molecule has 16 heavy (non-hydrogen) atoms. The third-order valence-electron chi connectivity index (χ3n) is 2.95. The van der Waals surface area contributed by atoms with E-state index < -0.39 is 0 Å². The predicted octanol–water partition coefficient (Wildman–Crippen LogP) is 2.74. The first-order valence-electron chi connectivity index (χ1n) is 5.97. The Morgan fingerprint density at radius 2 is 2.25 bits per heavy atom. The maximum absolute atomic E-state index is 13.2. The lowest BCUT2D eigenvalue weighted by atomic mass is 10.1. The molecule has 1 aromatic carbocycles. The van der Waals surface area contributed by atoms with Crippen LogP contribution in [-0.2, 0) is 0 Å². The molecule has 0 radical (unpaired) electrons. The Balaban J connectivity index is 1.66. The van der Waals surface area contributed by atoms with Gasteiger partial charge in [0.1, 0.15) is 0 Å². The standard InChI is InChI=1S/C13H18FNO/c14-12-7-1-2-8-13(12)16-10-4-6-11-5-3-9-15-11/h1-2,7-8,11,15H,3-6,9-10H2. The van der Waals surface area contributed by atoms with Crippen molar-refractivity contribution < 1.29 is 9.13 Å². The zero-order valence-electron chi connectivity index (χ0n) is 9.42. The highest BCUT2D eigenvalue weighted by molar-refractivity contribution is 5.23. The second-order valence-electron chi connectivity index (χ2n) is 4.21. The summed E-state index contributed by atoms with van der Waals surface area (Å²) in [6.45, 7) is 1.73. The van der Waals surface area contributed by atoms with E-state index in [1.165, 1.54) is 18.9 Å². The summed E-state index contributed by atoms with van der Waals surface area (Å²) in [6, 6.07) is 7.20. The molecule has 0 bridgehead atoms. The van der Waals surface area contributed by atoms with E-state index in [0.717, 1.165) is 19.4 Å². The van der Waals surface area contributed by atoms with Crippen LogP contribution < -0.4 is 10.1 Å². The Morgan fingerprint density at radius 3 is 3.00 bits per heavy atom. The third kappa shape index (κ3) is 3.20. The Labute approximate surface area is 95.8 Å². The molecule has 0 aliphatic carbocycles. The summed E-state index contributed by atoms with van der Waals surface area (Å²) >= 11 is 0. The molecule has 0 saturated carbocycles. The lowest BCUT2D eigenvalue weighted by molar-refractivity contribution is 0.285. The van der Waals surface area contributed by atoms with Gasteiger partial charge in [0.25, 0.3) is 0 Å². The Hall–Kier alpha value is -1.09. The molecule has 1 fully saturated rings. The van der Waals surface area contributed by atoms with Crippen LogP contribution in [0.15, 0.2) is 24.3 Å². The van der Waals surface area contributed by atoms with Crippen molar-refractivity contribution in [2.45, 2.75) is 31.7 Å². The molecule has 1 aliphatic rings. The fraction of sp³-hybridized carbons (Fsp3) is 0.538. The highest BCUT2D eigenvalue weighted by Crippen LogP contribution is 2.16. The van der Waals surface area contributed by atoms with E-state index in [-0.39, 0.29) is 5.82 Å². The van der Waals surface area contributed by atoms with Crippen molar-refractivity contribution in [3.63, 3.8) is 0 Å². The van der Waals surface area contributed by atoms with Crippen molar-refractivity contribution in [1.29, 1.82) is 0 Å². The molecule has 1 N–H and O–H groups in total. The summed E-state index contributed by atoms with van der Waals surface area (Å²) < 4.78 is 18.6. The highest BCUT2D eigenvalue weighted by Gasteiger charge is 2.13. The minimum Gasteiger partial charge on any atom is -0.491 e. The average molecular weight is 223 g/mol. The highest BCUT2D eigenvalue weighted by atomic mass is 19.1. The van der Waals surface area contributed by atoms with Crippen molar-refractivity contribution in [1.82, 2.24) is 5.32 Å². The number of hydrogen-bond acceptors (Lipinski definition) is 2. The molecule has 2 rings (SSSR count). The summed E-state index contributed by atoms with van der Waals surface area (Å²) in [6.07, 6.45) is 4.64. The molecular formula is C13H18FNO. The molecule has 3 heteroatoms. The number of hydrogen-bond donors (Lipinski definition) is 1. The van der Waals surface area contributed by atoms with Crippen LogP contribution in [0, 0.1) is 5.82 Å². The second kappa shape index (κ2) is 5.85. The van der Waals surface area contributed by atoms with Gasteiger partial charge >= 0.3 is 0 Å². The molecule has 0 amide bonds. The van der Waals surface area contributed by atoms with Gasteiger partial charge in [-0.15, -0.1) is 0 Å². The van der Waals surface area contributed by atoms with Crippen LogP contribution in [-0.4, -0.2) is 19.2 Å². The second-order valence-corrected chi connectivity index (χ2v) is 4.21. The number of ether oxygens (including phenoxy) is 1. The van der Waals surface area contributed by atoms with Gasteiger partial charge in [-0.1, -0.05) is 12.1 Å². The summed E-state index contributed by atoms with van der Waals surface area (Å²) in [7, 11) is 0. The van der Waals surface area contributed by atoms with Gasteiger partial charge in [0, 0.05) is 6.04 Å². The summed E-state index contributed by atoms with van der Waals surface area (Å²) in [4.78, 5) is 0. The molecule has 1 unspecified atom stereocenters. The molecule has 1 heterocycles. The molecular weight excluding hydrogens is 205 g/mol. The van der Waals surface area contributed by atoms with Crippen molar-refractivity contribution in [3.05, 3.63) is 30.1 Å². The zero-order chi connectivity index (χ0) is 11.2. The normalized spacial score (nSPS) is 19.9. The van der Waals surface area contributed by atoms with Crippen molar-refractivity contribution >= 4 is 0 Å². The molecule has 1 saturated heterocycles. The van der Waals surface area contributed by atoms with Crippen LogP contribution in [0.1, 0.15) is 25.7 Å². The zero-order valence-corrected chi connectivity index (χ0v) is 9.42. The summed E-state index contributed by atoms with van der Waals surface area (Å²) in [5, 5.41) is 3.44. The van der Waals surface area contributed by atoms with Crippen molar-refractivity contribution in [2.24, 2.45) is 0 Å². The van der Waals surface area contributed by atoms with E-state index in [1.54, 1.807) is 18.2 Å². The minimum absolute atomic E-state index is 0.276. The quantitative estimate of drug-likeness (QED) is 0.775. The van der Waals surface area contributed by atoms with Crippen LogP contribution in [0.25, 0.3) is 0 Å².